The van der Waals surface area contributed by atoms with Crippen LogP contribution < -0.4 is 15.6 Å². The lowest BCUT2D eigenvalue weighted by Crippen LogP contribution is -2.43. The van der Waals surface area contributed by atoms with E-state index in [9.17, 15) is 23.3 Å². The van der Waals surface area contributed by atoms with Gasteiger partial charge in [-0.25, -0.2) is 14.3 Å². The van der Waals surface area contributed by atoms with E-state index in [1.807, 2.05) is 5.43 Å². The van der Waals surface area contributed by atoms with Gasteiger partial charge in [-0.1, -0.05) is 29.3 Å². The van der Waals surface area contributed by atoms with Gasteiger partial charge >= 0.3 is 0 Å². The van der Waals surface area contributed by atoms with Gasteiger partial charge in [-0.05, 0) is 24.3 Å². The Hall–Kier alpha value is -2.40. The van der Waals surface area contributed by atoms with Gasteiger partial charge in [-0.15, -0.1) is 0 Å². The summed E-state index contributed by atoms with van der Waals surface area (Å²) < 4.78 is 26.7. The zero-order valence-electron chi connectivity index (χ0n) is 12.9. The van der Waals surface area contributed by atoms with Gasteiger partial charge in [0.15, 0.2) is 0 Å². The number of hydrogen-bond donors (Lipinski definition) is 2. The van der Waals surface area contributed by atoms with Gasteiger partial charge in [0, 0.05) is 17.2 Å². The van der Waals surface area contributed by atoms with Gasteiger partial charge in [0.1, 0.15) is 6.54 Å². The van der Waals surface area contributed by atoms with Crippen molar-refractivity contribution < 1.29 is 18.1 Å². The lowest BCUT2D eigenvalue weighted by atomic mass is 10.3. The average Bonchev–Trinajstić information content (AvgIpc) is 2.60. The van der Waals surface area contributed by atoms with Gasteiger partial charge in [0.25, 0.3) is 21.6 Å². The third-order valence-electron chi connectivity index (χ3n) is 3.24. The Kier molecular flexibility index (Phi) is 6.03. The predicted molar refractivity (Wildman–Crippen MR) is 96.4 cm³/mol. The second-order valence-corrected chi connectivity index (χ2v) is 7.64. The molecule has 9 nitrogen and oxygen atoms in total. The molecule has 0 unspecified atom stereocenters. The number of carbonyl (C=O) groups is 1. The highest BCUT2D eigenvalue weighted by molar-refractivity contribution is 7.92. The number of halogens is 2. The predicted octanol–water partition coefficient (Wildman–Crippen LogP) is 2.09. The molecule has 0 atom stereocenters. The molecule has 0 heterocycles. The molecule has 12 heteroatoms. The summed E-state index contributed by atoms with van der Waals surface area (Å²) in [6, 6.07) is 8.41. The molecule has 0 saturated heterocycles. The van der Waals surface area contributed by atoms with Crippen LogP contribution in [0.2, 0.25) is 10.0 Å². The van der Waals surface area contributed by atoms with Crippen molar-refractivity contribution in [3.05, 3.63) is 62.6 Å². The van der Waals surface area contributed by atoms with Crippen LogP contribution in [0.25, 0.3) is 0 Å². The van der Waals surface area contributed by atoms with Crippen LogP contribution in [-0.4, -0.2) is 25.8 Å². The number of nitrogens with two attached hydrogens (primary N) is 1. The number of nitro groups is 1. The molecule has 0 aliphatic heterocycles. The molecule has 2 rings (SSSR count). The fraction of sp³-hybridized carbons (Fsp3) is 0.0714. The van der Waals surface area contributed by atoms with Crippen LogP contribution in [0.15, 0.2) is 47.4 Å². The number of carbonyl (C=O) groups excluding carboxylic acids is 1. The van der Waals surface area contributed by atoms with Crippen LogP contribution in [0.4, 0.5) is 11.4 Å². The van der Waals surface area contributed by atoms with Gasteiger partial charge in [0.05, 0.1) is 20.5 Å². The Morgan fingerprint density at radius 2 is 1.92 bits per heavy atom. The van der Waals surface area contributed by atoms with Crippen molar-refractivity contribution in [2.45, 2.75) is 4.90 Å². The van der Waals surface area contributed by atoms with Crippen molar-refractivity contribution >= 4 is 50.5 Å². The molecule has 2 aromatic rings. The number of anilines is 1. The van der Waals surface area contributed by atoms with Crippen molar-refractivity contribution in [1.82, 2.24) is 5.43 Å². The Morgan fingerprint density at radius 1 is 1.23 bits per heavy atom. The summed E-state index contributed by atoms with van der Waals surface area (Å²) in [6.07, 6.45) is 0. The third-order valence-corrected chi connectivity index (χ3v) is 5.54. The number of rotatable bonds is 6. The molecule has 0 spiro atoms. The lowest BCUT2D eigenvalue weighted by Gasteiger charge is -2.24. The average molecular weight is 419 g/mol. The maximum absolute atomic E-state index is 13.0. The number of hydrazine groups is 1. The summed E-state index contributed by atoms with van der Waals surface area (Å²) >= 11 is 11.9. The molecular weight excluding hydrogens is 407 g/mol. The summed E-state index contributed by atoms with van der Waals surface area (Å²) in [7, 11) is -4.37. The topological polar surface area (TPSA) is 136 Å². The van der Waals surface area contributed by atoms with Crippen molar-refractivity contribution in [2.24, 2.45) is 5.84 Å². The van der Waals surface area contributed by atoms with E-state index in [-0.39, 0.29) is 20.6 Å². The Bertz CT molecular complexity index is 968. The number of sulfonamides is 1. The number of amides is 1. The zero-order valence-corrected chi connectivity index (χ0v) is 15.3. The SMILES string of the molecule is NNC(=O)CN(c1ccc(Cl)cc1Cl)S(=O)(=O)c1cccc([N+](=O)[O-])c1. The highest BCUT2D eigenvalue weighted by Gasteiger charge is 2.29. The maximum atomic E-state index is 13.0. The summed E-state index contributed by atoms with van der Waals surface area (Å²) in [5.41, 5.74) is 1.37. The zero-order chi connectivity index (χ0) is 19.5. The normalized spacial score (nSPS) is 11.0. The Morgan fingerprint density at radius 3 is 2.50 bits per heavy atom. The number of benzene rings is 2. The Labute approximate surface area is 158 Å². The number of nitrogens with one attached hydrogen (secondary N) is 1. The number of nitrogens with zero attached hydrogens (tertiary/aromatic N) is 2. The van der Waals surface area contributed by atoms with E-state index in [0.717, 1.165) is 12.1 Å². The summed E-state index contributed by atoms with van der Waals surface area (Å²) in [6.45, 7) is -0.692. The molecule has 3 N–H and O–H groups in total. The lowest BCUT2D eigenvalue weighted by molar-refractivity contribution is -0.385. The van der Waals surface area contributed by atoms with Crippen LogP contribution in [-0.2, 0) is 14.8 Å². The van der Waals surface area contributed by atoms with Crippen LogP contribution >= 0.6 is 23.2 Å². The molecule has 0 saturated carbocycles. The quantitative estimate of drug-likeness (QED) is 0.319. The van der Waals surface area contributed by atoms with E-state index in [1.165, 1.54) is 30.3 Å². The first-order valence-corrected chi connectivity index (χ1v) is 9.08. The summed E-state index contributed by atoms with van der Waals surface area (Å²) in [5, 5.41) is 11.1. The van der Waals surface area contributed by atoms with E-state index < -0.39 is 33.1 Å². The summed E-state index contributed by atoms with van der Waals surface area (Å²) in [4.78, 5) is 21.5. The van der Waals surface area contributed by atoms with Crippen LogP contribution in [0.3, 0.4) is 0 Å². The Balaban J connectivity index is 2.61. The van der Waals surface area contributed by atoms with Gasteiger partial charge in [-0.2, -0.15) is 0 Å². The fourth-order valence-corrected chi connectivity index (χ4v) is 4.08. The first kappa shape index (κ1) is 19.9. The van der Waals surface area contributed by atoms with E-state index in [4.69, 9.17) is 29.0 Å². The number of non-ortho nitro benzene ring substituents is 1. The minimum atomic E-state index is -4.37. The molecule has 0 aliphatic carbocycles. The van der Waals surface area contributed by atoms with Crippen molar-refractivity contribution in [3.63, 3.8) is 0 Å². The van der Waals surface area contributed by atoms with Crippen molar-refractivity contribution in [3.8, 4) is 0 Å². The van der Waals surface area contributed by atoms with Crippen LogP contribution in [0.5, 0.6) is 0 Å². The minimum Gasteiger partial charge on any atom is -0.293 e. The monoisotopic (exact) mass is 418 g/mol. The van der Waals surface area contributed by atoms with Crippen LogP contribution in [0.1, 0.15) is 0 Å². The molecule has 1 amide bonds. The van der Waals surface area contributed by atoms with Gasteiger partial charge < -0.3 is 0 Å². The van der Waals surface area contributed by atoms with Crippen molar-refractivity contribution in [2.75, 3.05) is 10.8 Å². The molecule has 0 aromatic heterocycles. The molecule has 26 heavy (non-hydrogen) atoms. The maximum Gasteiger partial charge on any atom is 0.270 e. The standard InChI is InChI=1S/C14H12Cl2N4O5S/c15-9-4-5-13(12(16)6-9)19(8-14(21)18-17)26(24,25)11-3-1-2-10(7-11)20(22)23/h1-7H,8,17H2,(H,18,21). The minimum absolute atomic E-state index is 0.0312. The second-order valence-electron chi connectivity index (χ2n) is 4.93. The number of nitro benzene ring substituents is 1. The molecule has 2 aromatic carbocycles. The van der Waals surface area contributed by atoms with E-state index in [1.54, 1.807) is 0 Å². The molecule has 0 aliphatic rings. The smallest absolute Gasteiger partial charge is 0.270 e. The first-order chi connectivity index (χ1) is 12.2. The highest BCUT2D eigenvalue weighted by atomic mass is 35.5. The summed E-state index contributed by atoms with van der Waals surface area (Å²) in [5.74, 6) is 4.23. The molecule has 0 bridgehead atoms. The van der Waals surface area contributed by atoms with Crippen LogP contribution in [0, 0.1) is 10.1 Å². The number of hydrogen-bond acceptors (Lipinski definition) is 6. The van der Waals surface area contributed by atoms with Crippen molar-refractivity contribution in [1.29, 1.82) is 0 Å². The highest BCUT2D eigenvalue weighted by Crippen LogP contribution is 2.33. The van der Waals surface area contributed by atoms with Gasteiger partial charge in [0.2, 0.25) is 0 Å². The third kappa shape index (κ3) is 4.22. The van der Waals surface area contributed by atoms with E-state index in [0.29, 0.717) is 4.31 Å². The van der Waals surface area contributed by atoms with E-state index >= 15 is 0 Å². The molecule has 0 radical (unpaired) electrons. The largest absolute Gasteiger partial charge is 0.293 e. The molecular formula is C14H12Cl2N4O5S. The first-order valence-electron chi connectivity index (χ1n) is 6.88. The second kappa shape index (κ2) is 7.87. The van der Waals surface area contributed by atoms with E-state index in [2.05, 4.69) is 0 Å². The molecule has 0 fully saturated rings. The fourth-order valence-electron chi connectivity index (χ4n) is 2.04. The molecule has 138 valence electrons. The van der Waals surface area contributed by atoms with Gasteiger partial charge in [-0.3, -0.25) is 24.6 Å².